The van der Waals surface area contributed by atoms with Gasteiger partial charge in [0.25, 0.3) is 0 Å². The lowest BCUT2D eigenvalue weighted by atomic mass is 9.97. The first-order valence-corrected chi connectivity index (χ1v) is 11.7. The van der Waals surface area contributed by atoms with Crippen LogP contribution in [0.2, 0.25) is 0 Å². The Morgan fingerprint density at radius 3 is 2.69 bits per heavy atom. The summed E-state index contributed by atoms with van der Waals surface area (Å²) in [6.07, 6.45) is 2.30. The quantitative estimate of drug-likeness (QED) is 0.306. The standard InChI is InChI=1S/C25H25N7O3/c1-5-32-19(10-17(30-32)14-6-7-14)27-23-21-16-8-11(2)15(20-12(3)31-35-13(20)4)9-18(16)26-22(21)28-24(29-23)25(33)34/h8-10,14H,5-7H2,1-4H3,(H,33,34)(H2,26,27,28,29). The van der Waals surface area contributed by atoms with Crippen molar-refractivity contribution in [3.63, 3.8) is 0 Å². The van der Waals surface area contributed by atoms with E-state index in [1.807, 2.05) is 44.5 Å². The maximum absolute atomic E-state index is 11.8. The lowest BCUT2D eigenvalue weighted by Crippen LogP contribution is -2.09. The van der Waals surface area contributed by atoms with Crippen LogP contribution in [0, 0.1) is 20.8 Å². The van der Waals surface area contributed by atoms with Gasteiger partial charge in [-0.25, -0.2) is 19.4 Å². The largest absolute Gasteiger partial charge is 0.475 e. The summed E-state index contributed by atoms with van der Waals surface area (Å²) in [5.41, 5.74) is 6.14. The van der Waals surface area contributed by atoms with Gasteiger partial charge in [-0.3, -0.25) is 0 Å². The second kappa shape index (κ2) is 7.66. The summed E-state index contributed by atoms with van der Waals surface area (Å²) in [7, 11) is 0. The summed E-state index contributed by atoms with van der Waals surface area (Å²) in [5, 5.41) is 23.5. The average molecular weight is 472 g/mol. The van der Waals surface area contributed by atoms with Crippen LogP contribution in [0.1, 0.15) is 59.0 Å². The van der Waals surface area contributed by atoms with Crippen LogP contribution in [0.4, 0.5) is 11.6 Å². The molecule has 4 heterocycles. The fraction of sp³-hybridized carbons (Fsp3) is 0.320. The normalized spacial score (nSPS) is 13.7. The fourth-order valence-corrected chi connectivity index (χ4v) is 4.75. The second-order valence-electron chi connectivity index (χ2n) is 9.13. The molecule has 0 spiro atoms. The number of carboxylic acids is 1. The predicted octanol–water partition coefficient (Wildman–Crippen LogP) is 5.23. The van der Waals surface area contributed by atoms with Crippen molar-refractivity contribution in [2.75, 3.05) is 5.32 Å². The van der Waals surface area contributed by atoms with E-state index in [2.05, 4.69) is 31.5 Å². The van der Waals surface area contributed by atoms with E-state index in [0.717, 1.165) is 68.8 Å². The molecule has 0 radical (unpaired) electrons. The molecule has 4 aromatic heterocycles. The minimum absolute atomic E-state index is 0.279. The van der Waals surface area contributed by atoms with Crippen molar-refractivity contribution in [1.82, 2.24) is 29.9 Å². The third kappa shape index (κ3) is 3.44. The number of nitrogens with one attached hydrogen (secondary N) is 2. The predicted molar refractivity (Wildman–Crippen MR) is 131 cm³/mol. The zero-order valence-corrected chi connectivity index (χ0v) is 19.9. The van der Waals surface area contributed by atoms with Gasteiger partial charge in [0, 0.05) is 35.0 Å². The molecular formula is C25H25N7O3. The maximum atomic E-state index is 11.8. The Morgan fingerprint density at radius 1 is 1.23 bits per heavy atom. The van der Waals surface area contributed by atoms with E-state index in [9.17, 15) is 9.90 Å². The number of hydrogen-bond acceptors (Lipinski definition) is 7. The molecule has 1 aromatic carbocycles. The van der Waals surface area contributed by atoms with E-state index in [4.69, 9.17) is 9.62 Å². The highest BCUT2D eigenvalue weighted by atomic mass is 16.5. The molecule has 10 nitrogen and oxygen atoms in total. The molecule has 0 bridgehead atoms. The topological polar surface area (TPSA) is 135 Å². The third-order valence-electron chi connectivity index (χ3n) is 6.63. The van der Waals surface area contributed by atoms with E-state index < -0.39 is 5.97 Å². The number of anilines is 2. The number of rotatable bonds is 6. The molecular weight excluding hydrogens is 446 g/mol. The molecule has 1 fully saturated rings. The Kier molecular flexibility index (Phi) is 4.67. The summed E-state index contributed by atoms with van der Waals surface area (Å²) in [6.45, 7) is 8.55. The molecule has 6 rings (SSSR count). The van der Waals surface area contributed by atoms with Crippen LogP contribution >= 0.6 is 0 Å². The highest BCUT2D eigenvalue weighted by Gasteiger charge is 2.28. The van der Waals surface area contributed by atoms with Crippen molar-refractivity contribution >= 4 is 39.5 Å². The van der Waals surface area contributed by atoms with Crippen LogP contribution in [0.25, 0.3) is 33.1 Å². The van der Waals surface area contributed by atoms with Crippen molar-refractivity contribution in [2.45, 2.75) is 53.0 Å². The van der Waals surface area contributed by atoms with Crippen molar-refractivity contribution in [1.29, 1.82) is 0 Å². The van der Waals surface area contributed by atoms with Gasteiger partial charge in [0.2, 0.25) is 5.82 Å². The van der Waals surface area contributed by atoms with Crippen LogP contribution in [0.3, 0.4) is 0 Å². The van der Waals surface area contributed by atoms with E-state index in [-0.39, 0.29) is 5.82 Å². The smallest absolute Gasteiger partial charge is 0.374 e. The number of aromatic nitrogens is 6. The zero-order valence-electron chi connectivity index (χ0n) is 19.9. The van der Waals surface area contributed by atoms with E-state index in [0.29, 0.717) is 23.9 Å². The van der Waals surface area contributed by atoms with Gasteiger partial charge in [-0.15, -0.1) is 0 Å². The molecule has 178 valence electrons. The molecule has 0 atom stereocenters. The second-order valence-corrected chi connectivity index (χ2v) is 9.13. The van der Waals surface area contributed by atoms with Crippen LogP contribution in [-0.2, 0) is 6.54 Å². The lowest BCUT2D eigenvalue weighted by molar-refractivity contribution is 0.0684. The first kappa shape index (κ1) is 21.3. The van der Waals surface area contributed by atoms with Crippen molar-refractivity contribution < 1.29 is 14.4 Å². The molecule has 5 aromatic rings. The highest BCUT2D eigenvalue weighted by Crippen LogP contribution is 2.41. The van der Waals surface area contributed by atoms with Gasteiger partial charge in [-0.1, -0.05) is 5.16 Å². The number of aromatic carboxylic acids is 1. The minimum Gasteiger partial charge on any atom is -0.475 e. The van der Waals surface area contributed by atoms with Crippen LogP contribution in [0.5, 0.6) is 0 Å². The van der Waals surface area contributed by atoms with Crippen LogP contribution < -0.4 is 5.32 Å². The zero-order chi connectivity index (χ0) is 24.4. The van der Waals surface area contributed by atoms with Crippen LogP contribution in [0.15, 0.2) is 22.7 Å². The Morgan fingerprint density at radius 2 is 2.03 bits per heavy atom. The number of hydrogen-bond donors (Lipinski definition) is 3. The Labute approximate surface area is 200 Å². The summed E-state index contributed by atoms with van der Waals surface area (Å²) in [6, 6.07) is 6.13. The SMILES string of the molecule is CCn1nc(C2CC2)cc1Nc1nc(C(=O)O)nc2[nH]c3cc(-c4c(C)noc4C)c(C)cc3c12. The van der Waals surface area contributed by atoms with Crippen LogP contribution in [-0.4, -0.2) is 41.0 Å². The van der Waals surface area contributed by atoms with Gasteiger partial charge in [0.15, 0.2) is 0 Å². The molecule has 0 unspecified atom stereocenters. The monoisotopic (exact) mass is 471 g/mol. The van der Waals surface area contributed by atoms with E-state index >= 15 is 0 Å². The number of H-pyrrole nitrogens is 1. The highest BCUT2D eigenvalue weighted by molar-refractivity contribution is 6.13. The molecule has 0 amide bonds. The lowest BCUT2D eigenvalue weighted by Gasteiger charge is -2.10. The molecule has 3 N–H and O–H groups in total. The summed E-state index contributed by atoms with van der Waals surface area (Å²) in [4.78, 5) is 23.8. The van der Waals surface area contributed by atoms with Gasteiger partial charge in [-0.2, -0.15) is 5.10 Å². The third-order valence-corrected chi connectivity index (χ3v) is 6.63. The molecule has 0 aliphatic heterocycles. The Balaban J connectivity index is 1.56. The van der Waals surface area contributed by atoms with Crippen molar-refractivity contribution in [2.24, 2.45) is 0 Å². The minimum atomic E-state index is -1.19. The van der Waals surface area contributed by atoms with E-state index in [1.165, 1.54) is 0 Å². The fourth-order valence-electron chi connectivity index (χ4n) is 4.75. The van der Waals surface area contributed by atoms with E-state index in [1.54, 1.807) is 0 Å². The molecule has 35 heavy (non-hydrogen) atoms. The van der Waals surface area contributed by atoms with Gasteiger partial charge < -0.3 is 19.9 Å². The van der Waals surface area contributed by atoms with Crippen molar-refractivity contribution in [3.05, 3.63) is 46.7 Å². The average Bonchev–Trinajstić information content (AvgIpc) is 3.38. The van der Waals surface area contributed by atoms with Gasteiger partial charge >= 0.3 is 5.97 Å². The number of carbonyl (C=O) groups is 1. The number of aromatic amines is 1. The number of benzene rings is 1. The molecule has 10 heteroatoms. The summed E-state index contributed by atoms with van der Waals surface area (Å²) < 4.78 is 7.27. The molecule has 1 aliphatic carbocycles. The Bertz CT molecular complexity index is 1620. The van der Waals surface area contributed by atoms with Gasteiger partial charge in [0.05, 0.1) is 16.8 Å². The maximum Gasteiger partial charge on any atom is 0.374 e. The van der Waals surface area contributed by atoms with Gasteiger partial charge in [0.1, 0.15) is 23.0 Å². The number of fused-ring (bicyclic) bond motifs is 3. The number of carboxylic acid groups (broad SMARTS) is 1. The molecule has 1 aliphatic rings. The first-order valence-electron chi connectivity index (χ1n) is 11.7. The molecule has 0 saturated heterocycles. The van der Waals surface area contributed by atoms with Gasteiger partial charge in [-0.05, 0) is 63.8 Å². The Hall–Kier alpha value is -4.21. The van der Waals surface area contributed by atoms with Crippen molar-refractivity contribution in [3.8, 4) is 11.1 Å². The first-order chi connectivity index (χ1) is 16.8. The molecule has 1 saturated carbocycles. The number of nitrogens with zero attached hydrogens (tertiary/aromatic N) is 5. The number of aryl methyl sites for hydroxylation is 4. The summed E-state index contributed by atoms with van der Waals surface area (Å²) in [5.74, 6) is 0.991. The summed E-state index contributed by atoms with van der Waals surface area (Å²) >= 11 is 0.